The number of esters is 1. The molecule has 1 aromatic heterocycles. The first-order chi connectivity index (χ1) is 16.0. The Balaban J connectivity index is 1.42. The first kappa shape index (κ1) is 23.2. The van der Waals surface area contributed by atoms with E-state index in [0.29, 0.717) is 34.6 Å². The number of thiazole rings is 1. The molecule has 2 amide bonds. The lowest BCUT2D eigenvalue weighted by atomic mass is 9.86. The fraction of sp³-hybridized carbons (Fsp3) is 0.500. The predicted molar refractivity (Wildman–Crippen MR) is 126 cm³/mol. The van der Waals surface area contributed by atoms with Gasteiger partial charge in [-0.1, -0.05) is 32.1 Å². The summed E-state index contributed by atoms with van der Waals surface area (Å²) in [6.45, 7) is 1.67. The summed E-state index contributed by atoms with van der Waals surface area (Å²) in [6.07, 6.45) is 7.76. The minimum atomic E-state index is -0.476. The Morgan fingerprint density at radius 1 is 1.27 bits per heavy atom. The molecule has 0 atom stereocenters. The van der Waals surface area contributed by atoms with Crippen LogP contribution in [0.1, 0.15) is 51.9 Å². The van der Waals surface area contributed by atoms with Crippen molar-refractivity contribution >= 4 is 39.9 Å². The van der Waals surface area contributed by atoms with Crippen LogP contribution in [0.25, 0.3) is 11.3 Å². The van der Waals surface area contributed by atoms with Crippen molar-refractivity contribution in [3.05, 3.63) is 23.6 Å². The smallest absolute Gasteiger partial charge is 0.326 e. The molecule has 4 rings (SSSR count). The molecule has 2 heterocycles. The highest BCUT2D eigenvalue weighted by Gasteiger charge is 2.28. The quantitative estimate of drug-likeness (QED) is 0.573. The van der Waals surface area contributed by atoms with E-state index in [1.807, 2.05) is 11.4 Å². The van der Waals surface area contributed by atoms with Crippen LogP contribution in [-0.4, -0.2) is 42.5 Å². The molecule has 8 nitrogen and oxygen atoms in total. The summed E-state index contributed by atoms with van der Waals surface area (Å²) in [6, 6.07) is 5.38. The van der Waals surface area contributed by atoms with Gasteiger partial charge in [-0.2, -0.15) is 0 Å². The molecule has 0 bridgehead atoms. The largest absolute Gasteiger partial charge is 0.482 e. The molecule has 33 heavy (non-hydrogen) atoms. The van der Waals surface area contributed by atoms with E-state index < -0.39 is 5.97 Å². The minimum absolute atomic E-state index is 0.00785. The number of rotatable bonds is 8. The van der Waals surface area contributed by atoms with Gasteiger partial charge in [-0.25, -0.2) is 4.98 Å². The maximum absolute atomic E-state index is 12.4. The molecular formula is C24H29N3O5S. The summed E-state index contributed by atoms with van der Waals surface area (Å²) in [5.74, 6) is 0.392. The minimum Gasteiger partial charge on any atom is -0.482 e. The van der Waals surface area contributed by atoms with Crippen molar-refractivity contribution in [2.24, 2.45) is 5.92 Å². The number of fused-ring (bicyclic) bond motifs is 1. The van der Waals surface area contributed by atoms with Gasteiger partial charge >= 0.3 is 5.97 Å². The van der Waals surface area contributed by atoms with E-state index in [9.17, 15) is 14.4 Å². The molecule has 2 aliphatic rings. The molecular weight excluding hydrogens is 442 g/mol. The molecule has 1 N–H and O–H groups in total. The number of aromatic nitrogens is 1. The third-order valence-corrected chi connectivity index (χ3v) is 6.80. The number of ether oxygens (including phenoxy) is 2. The van der Waals surface area contributed by atoms with Gasteiger partial charge in [0.05, 0.1) is 18.0 Å². The average Bonchev–Trinajstić information content (AvgIpc) is 3.28. The summed E-state index contributed by atoms with van der Waals surface area (Å²) in [4.78, 5) is 42.7. The van der Waals surface area contributed by atoms with Crippen molar-refractivity contribution in [3.8, 4) is 17.0 Å². The summed E-state index contributed by atoms with van der Waals surface area (Å²) < 4.78 is 10.5. The van der Waals surface area contributed by atoms with Gasteiger partial charge in [0.2, 0.25) is 5.91 Å². The van der Waals surface area contributed by atoms with Gasteiger partial charge in [0.1, 0.15) is 12.3 Å². The lowest BCUT2D eigenvalue weighted by molar-refractivity contribution is -0.142. The van der Waals surface area contributed by atoms with Crippen LogP contribution in [0.2, 0.25) is 0 Å². The van der Waals surface area contributed by atoms with E-state index in [2.05, 4.69) is 10.3 Å². The van der Waals surface area contributed by atoms with E-state index >= 15 is 0 Å². The molecule has 176 valence electrons. The van der Waals surface area contributed by atoms with Crippen LogP contribution in [0.4, 0.5) is 10.8 Å². The van der Waals surface area contributed by atoms with E-state index in [0.717, 1.165) is 12.0 Å². The molecule has 1 aliphatic carbocycles. The zero-order chi connectivity index (χ0) is 23.2. The normalized spacial score (nSPS) is 16.2. The number of amides is 2. The molecule has 1 aliphatic heterocycles. The first-order valence-corrected chi connectivity index (χ1v) is 12.4. The van der Waals surface area contributed by atoms with Gasteiger partial charge in [-0.3, -0.25) is 19.3 Å². The summed E-state index contributed by atoms with van der Waals surface area (Å²) in [5.41, 5.74) is 1.95. The molecule has 9 heteroatoms. The second-order valence-corrected chi connectivity index (χ2v) is 9.24. The SMILES string of the molecule is CCOC(=O)CN1C(=O)COc2ccc(-c3csc(NC(=O)CCC4CCCCC4)n3)cc21. The third kappa shape index (κ3) is 5.90. The Labute approximate surface area is 197 Å². The van der Waals surface area contributed by atoms with Crippen molar-refractivity contribution in [1.29, 1.82) is 0 Å². The number of hydrogen-bond acceptors (Lipinski definition) is 7. The van der Waals surface area contributed by atoms with Gasteiger partial charge in [-0.05, 0) is 37.5 Å². The summed E-state index contributed by atoms with van der Waals surface area (Å²) in [7, 11) is 0. The van der Waals surface area contributed by atoms with Crippen molar-refractivity contribution in [3.63, 3.8) is 0 Å². The highest BCUT2D eigenvalue weighted by atomic mass is 32.1. The van der Waals surface area contributed by atoms with Crippen molar-refractivity contribution < 1.29 is 23.9 Å². The van der Waals surface area contributed by atoms with Crippen molar-refractivity contribution in [1.82, 2.24) is 4.98 Å². The van der Waals surface area contributed by atoms with E-state index in [-0.39, 0.29) is 31.6 Å². The molecule has 0 unspecified atom stereocenters. The van der Waals surface area contributed by atoms with Crippen molar-refractivity contribution in [2.75, 3.05) is 30.0 Å². The zero-order valence-electron chi connectivity index (χ0n) is 18.8. The fourth-order valence-electron chi connectivity index (χ4n) is 4.33. The standard InChI is InChI=1S/C24H29N3O5S/c1-2-31-23(30)13-27-19-12-17(9-10-20(19)32-14-22(27)29)18-15-33-24(25-18)26-21(28)11-8-16-6-4-3-5-7-16/h9-10,12,15-16H,2-8,11,13-14H2,1H3,(H,25,26,28). The van der Waals surface area contributed by atoms with Crippen LogP contribution < -0.4 is 15.0 Å². The highest BCUT2D eigenvalue weighted by Crippen LogP contribution is 2.37. The lowest BCUT2D eigenvalue weighted by Crippen LogP contribution is -2.42. The fourth-order valence-corrected chi connectivity index (χ4v) is 5.06. The first-order valence-electron chi connectivity index (χ1n) is 11.5. The number of carbonyl (C=O) groups excluding carboxylic acids is 3. The van der Waals surface area contributed by atoms with Gasteiger partial charge in [0.25, 0.3) is 5.91 Å². The molecule has 1 fully saturated rings. The molecule has 0 radical (unpaired) electrons. The molecule has 1 saturated carbocycles. The Morgan fingerprint density at radius 3 is 2.88 bits per heavy atom. The maximum Gasteiger partial charge on any atom is 0.326 e. The topological polar surface area (TPSA) is 97.8 Å². The summed E-state index contributed by atoms with van der Waals surface area (Å²) >= 11 is 1.36. The van der Waals surface area contributed by atoms with E-state index in [1.165, 1.54) is 48.3 Å². The summed E-state index contributed by atoms with van der Waals surface area (Å²) in [5, 5.41) is 5.32. The number of nitrogens with zero attached hydrogens (tertiary/aromatic N) is 2. The molecule has 0 saturated heterocycles. The number of nitrogens with one attached hydrogen (secondary N) is 1. The number of benzene rings is 1. The highest BCUT2D eigenvalue weighted by molar-refractivity contribution is 7.14. The van der Waals surface area contributed by atoms with Gasteiger partial charge < -0.3 is 14.8 Å². The number of anilines is 2. The van der Waals surface area contributed by atoms with Crippen LogP contribution >= 0.6 is 11.3 Å². The molecule has 1 aromatic carbocycles. The maximum atomic E-state index is 12.4. The Morgan fingerprint density at radius 2 is 2.09 bits per heavy atom. The van der Waals surface area contributed by atoms with Gasteiger partial charge in [-0.15, -0.1) is 11.3 Å². The lowest BCUT2D eigenvalue weighted by Gasteiger charge is -2.28. The Kier molecular flexibility index (Phi) is 7.59. The van der Waals surface area contributed by atoms with E-state index in [4.69, 9.17) is 9.47 Å². The zero-order valence-corrected chi connectivity index (χ0v) is 19.6. The number of hydrogen-bond donors (Lipinski definition) is 1. The van der Waals surface area contributed by atoms with Crippen LogP contribution in [0.3, 0.4) is 0 Å². The Bertz CT molecular complexity index is 1020. The van der Waals surface area contributed by atoms with Gasteiger partial charge in [0, 0.05) is 17.4 Å². The van der Waals surface area contributed by atoms with Gasteiger partial charge in [0.15, 0.2) is 11.7 Å². The van der Waals surface area contributed by atoms with Crippen LogP contribution in [0.5, 0.6) is 5.75 Å². The van der Waals surface area contributed by atoms with Crippen molar-refractivity contribution in [2.45, 2.75) is 51.9 Å². The molecule has 0 spiro atoms. The van der Waals surface area contributed by atoms with Crippen LogP contribution in [0.15, 0.2) is 23.6 Å². The number of carbonyl (C=O) groups is 3. The van der Waals surface area contributed by atoms with Crippen LogP contribution in [0, 0.1) is 5.92 Å². The third-order valence-electron chi connectivity index (χ3n) is 6.05. The molecule has 2 aromatic rings. The van der Waals surface area contributed by atoms with E-state index in [1.54, 1.807) is 19.1 Å². The second-order valence-electron chi connectivity index (χ2n) is 8.38. The van der Waals surface area contributed by atoms with Crippen LogP contribution in [-0.2, 0) is 19.1 Å². The predicted octanol–water partition coefficient (Wildman–Crippen LogP) is 4.40. The second kappa shape index (κ2) is 10.8. The Hall–Kier alpha value is -2.94. The monoisotopic (exact) mass is 471 g/mol. The average molecular weight is 472 g/mol.